The van der Waals surface area contributed by atoms with Gasteiger partial charge in [-0.3, -0.25) is 5.10 Å². The maximum absolute atomic E-state index is 13.6. The Labute approximate surface area is 102 Å². The van der Waals surface area contributed by atoms with Crippen molar-refractivity contribution in [2.45, 2.75) is 19.8 Å². The Hall–Kier alpha value is -1.49. The predicted molar refractivity (Wildman–Crippen MR) is 60.7 cm³/mol. The average Bonchev–Trinajstić information content (AvgIpc) is 2.72. The molecule has 0 spiro atoms. The third-order valence-electron chi connectivity index (χ3n) is 2.27. The molecule has 17 heavy (non-hydrogen) atoms. The molecule has 0 saturated heterocycles. The average molecular weight is 258 g/mol. The third kappa shape index (κ3) is 2.44. The molecule has 0 aliphatic carbocycles. The van der Waals surface area contributed by atoms with E-state index in [1.54, 1.807) is 0 Å². The van der Waals surface area contributed by atoms with E-state index in [4.69, 9.17) is 11.6 Å². The minimum Gasteiger partial charge on any atom is -0.263 e. The fourth-order valence-electron chi connectivity index (χ4n) is 1.46. The second-order valence-corrected chi connectivity index (χ2v) is 4.01. The normalized spacial score (nSPS) is 10.8. The molecule has 90 valence electrons. The van der Waals surface area contributed by atoms with E-state index >= 15 is 0 Å². The highest BCUT2D eigenvalue weighted by atomic mass is 35.5. The van der Waals surface area contributed by atoms with Gasteiger partial charge in [-0.1, -0.05) is 18.5 Å². The van der Waals surface area contributed by atoms with Crippen molar-refractivity contribution in [1.29, 1.82) is 0 Å². The Kier molecular flexibility index (Phi) is 3.38. The zero-order valence-electron chi connectivity index (χ0n) is 9.10. The van der Waals surface area contributed by atoms with Crippen LogP contribution < -0.4 is 0 Å². The van der Waals surface area contributed by atoms with Crippen LogP contribution in [0.1, 0.15) is 19.2 Å². The van der Waals surface area contributed by atoms with Crippen LogP contribution in [-0.2, 0) is 6.42 Å². The highest BCUT2D eigenvalue weighted by Gasteiger charge is 2.14. The van der Waals surface area contributed by atoms with Crippen LogP contribution in [0, 0.1) is 11.6 Å². The lowest BCUT2D eigenvalue weighted by molar-refractivity contribution is 0.602. The third-order valence-corrected chi connectivity index (χ3v) is 2.56. The molecule has 1 aromatic heterocycles. The van der Waals surface area contributed by atoms with Gasteiger partial charge < -0.3 is 0 Å². The van der Waals surface area contributed by atoms with Crippen molar-refractivity contribution in [1.82, 2.24) is 15.2 Å². The number of aromatic amines is 1. The summed E-state index contributed by atoms with van der Waals surface area (Å²) in [5, 5.41) is 6.28. The van der Waals surface area contributed by atoms with Crippen molar-refractivity contribution in [2.24, 2.45) is 0 Å². The van der Waals surface area contributed by atoms with Gasteiger partial charge in [-0.15, -0.1) is 0 Å². The first-order valence-electron chi connectivity index (χ1n) is 5.18. The van der Waals surface area contributed by atoms with Crippen molar-refractivity contribution in [3.05, 3.63) is 34.6 Å². The Bertz CT molecular complexity index is 540. The number of nitrogens with zero attached hydrogens (tertiary/aromatic N) is 2. The van der Waals surface area contributed by atoms with Gasteiger partial charge in [0.2, 0.25) is 0 Å². The van der Waals surface area contributed by atoms with E-state index in [9.17, 15) is 8.78 Å². The molecule has 1 heterocycles. The topological polar surface area (TPSA) is 41.6 Å². The summed E-state index contributed by atoms with van der Waals surface area (Å²) in [4.78, 5) is 4.09. The molecule has 0 unspecified atom stereocenters. The maximum Gasteiger partial charge on any atom is 0.184 e. The van der Waals surface area contributed by atoms with Gasteiger partial charge in [0.1, 0.15) is 17.5 Å². The van der Waals surface area contributed by atoms with Crippen LogP contribution in [0.15, 0.2) is 12.1 Å². The standard InChI is InChI=1S/C11H10ClF2N3/c1-2-3-10-15-11(17-16-10)6-4-9(14)7(12)5-8(6)13/h4-5H,2-3H2,1H3,(H,15,16,17). The Balaban J connectivity index is 2.41. The number of rotatable bonds is 3. The number of halogens is 3. The van der Waals surface area contributed by atoms with Gasteiger partial charge in [0.25, 0.3) is 0 Å². The van der Waals surface area contributed by atoms with Crippen LogP contribution in [0.25, 0.3) is 11.4 Å². The fraction of sp³-hybridized carbons (Fsp3) is 0.273. The summed E-state index contributed by atoms with van der Waals surface area (Å²) >= 11 is 5.46. The summed E-state index contributed by atoms with van der Waals surface area (Å²) < 4.78 is 26.8. The second-order valence-electron chi connectivity index (χ2n) is 3.60. The van der Waals surface area contributed by atoms with Gasteiger partial charge in [-0.2, -0.15) is 5.10 Å². The number of hydrogen-bond donors (Lipinski definition) is 1. The molecule has 0 amide bonds. The van der Waals surface area contributed by atoms with Gasteiger partial charge in [0.05, 0.1) is 10.6 Å². The summed E-state index contributed by atoms with van der Waals surface area (Å²) in [5.41, 5.74) is 0.00510. The number of nitrogens with one attached hydrogen (secondary N) is 1. The van der Waals surface area contributed by atoms with Crippen molar-refractivity contribution in [2.75, 3.05) is 0 Å². The van der Waals surface area contributed by atoms with E-state index in [-0.39, 0.29) is 16.4 Å². The molecule has 0 saturated carbocycles. The number of benzene rings is 1. The Morgan fingerprint density at radius 3 is 2.76 bits per heavy atom. The van der Waals surface area contributed by atoms with E-state index < -0.39 is 11.6 Å². The molecule has 0 radical (unpaired) electrons. The van der Waals surface area contributed by atoms with Gasteiger partial charge in [0, 0.05) is 6.42 Å². The van der Waals surface area contributed by atoms with Gasteiger partial charge in [0.15, 0.2) is 5.82 Å². The largest absolute Gasteiger partial charge is 0.263 e. The molecule has 0 aliphatic heterocycles. The van der Waals surface area contributed by atoms with E-state index in [0.717, 1.165) is 18.6 Å². The molecule has 1 aromatic carbocycles. The molecular weight excluding hydrogens is 248 g/mol. The first kappa shape index (κ1) is 12.0. The molecule has 3 nitrogen and oxygen atoms in total. The van der Waals surface area contributed by atoms with Crippen molar-refractivity contribution in [3.63, 3.8) is 0 Å². The number of H-pyrrole nitrogens is 1. The first-order valence-corrected chi connectivity index (χ1v) is 5.55. The van der Waals surface area contributed by atoms with Crippen molar-refractivity contribution < 1.29 is 8.78 Å². The fourth-order valence-corrected chi connectivity index (χ4v) is 1.61. The molecule has 0 aliphatic rings. The SMILES string of the molecule is CCCc1nc(-c2cc(F)c(Cl)cc2F)n[nH]1. The lowest BCUT2D eigenvalue weighted by Crippen LogP contribution is -1.90. The van der Waals surface area contributed by atoms with E-state index in [2.05, 4.69) is 15.2 Å². The highest BCUT2D eigenvalue weighted by molar-refractivity contribution is 6.30. The van der Waals surface area contributed by atoms with E-state index in [0.29, 0.717) is 12.2 Å². The number of hydrogen-bond acceptors (Lipinski definition) is 2. The summed E-state index contributed by atoms with van der Waals surface area (Å²) in [5.74, 6) is -0.540. The summed E-state index contributed by atoms with van der Waals surface area (Å²) in [6.45, 7) is 1.99. The zero-order valence-corrected chi connectivity index (χ0v) is 9.85. The summed E-state index contributed by atoms with van der Waals surface area (Å²) in [7, 11) is 0. The molecular formula is C11H10ClF2N3. The monoisotopic (exact) mass is 257 g/mol. The molecule has 0 fully saturated rings. The number of aromatic nitrogens is 3. The molecule has 1 N–H and O–H groups in total. The summed E-state index contributed by atoms with van der Waals surface area (Å²) in [6.07, 6.45) is 1.61. The van der Waals surface area contributed by atoms with Crippen molar-refractivity contribution in [3.8, 4) is 11.4 Å². The van der Waals surface area contributed by atoms with Crippen molar-refractivity contribution >= 4 is 11.6 Å². The van der Waals surface area contributed by atoms with Gasteiger partial charge in [-0.25, -0.2) is 13.8 Å². The van der Waals surface area contributed by atoms with Crippen LogP contribution in [0.3, 0.4) is 0 Å². The Morgan fingerprint density at radius 1 is 1.29 bits per heavy atom. The van der Waals surface area contributed by atoms with Gasteiger partial charge in [-0.05, 0) is 18.6 Å². The first-order chi connectivity index (χ1) is 8.11. The summed E-state index contributed by atoms with van der Waals surface area (Å²) in [6, 6.07) is 1.92. The highest BCUT2D eigenvalue weighted by Crippen LogP contribution is 2.25. The van der Waals surface area contributed by atoms with Crippen LogP contribution in [0.5, 0.6) is 0 Å². The van der Waals surface area contributed by atoms with Crippen LogP contribution >= 0.6 is 11.6 Å². The molecule has 0 bridgehead atoms. The second kappa shape index (κ2) is 4.79. The Morgan fingerprint density at radius 2 is 2.06 bits per heavy atom. The molecule has 6 heteroatoms. The quantitative estimate of drug-likeness (QED) is 0.857. The smallest absolute Gasteiger partial charge is 0.184 e. The minimum absolute atomic E-state index is 0.00510. The van der Waals surface area contributed by atoms with Crippen LogP contribution in [0.4, 0.5) is 8.78 Å². The molecule has 2 aromatic rings. The van der Waals surface area contributed by atoms with Gasteiger partial charge >= 0.3 is 0 Å². The zero-order chi connectivity index (χ0) is 12.4. The predicted octanol–water partition coefficient (Wildman–Crippen LogP) is 3.36. The van der Waals surface area contributed by atoms with E-state index in [1.165, 1.54) is 0 Å². The molecule has 2 rings (SSSR count). The van der Waals surface area contributed by atoms with Crippen LogP contribution in [0.2, 0.25) is 5.02 Å². The van der Waals surface area contributed by atoms with Crippen LogP contribution in [-0.4, -0.2) is 15.2 Å². The number of aryl methyl sites for hydroxylation is 1. The lowest BCUT2D eigenvalue weighted by Gasteiger charge is -2.00. The molecule has 0 atom stereocenters. The van der Waals surface area contributed by atoms with E-state index in [1.807, 2.05) is 6.92 Å². The minimum atomic E-state index is -0.690. The maximum atomic E-state index is 13.6. The lowest BCUT2D eigenvalue weighted by atomic mass is 10.2.